The minimum Gasteiger partial charge on any atom is -0.452 e. The van der Waals surface area contributed by atoms with Gasteiger partial charge in [0.1, 0.15) is 5.82 Å². The molecule has 0 radical (unpaired) electrons. The second-order valence-electron chi connectivity index (χ2n) is 4.46. The van der Waals surface area contributed by atoms with Crippen LogP contribution in [0.15, 0.2) is 42.6 Å². The fourth-order valence-corrected chi connectivity index (χ4v) is 1.62. The summed E-state index contributed by atoms with van der Waals surface area (Å²) in [6.07, 6.45) is 1.59. The third-order valence-electron chi connectivity index (χ3n) is 2.66. The molecule has 1 heterocycles. The number of aryl methyl sites for hydroxylation is 1. The van der Waals surface area contributed by atoms with Gasteiger partial charge in [0.2, 0.25) is 0 Å². The number of carbonyl (C=O) groups excluding carboxylic acids is 2. The van der Waals surface area contributed by atoms with E-state index in [0.717, 1.165) is 5.56 Å². The van der Waals surface area contributed by atoms with E-state index in [1.807, 2.05) is 13.0 Å². The monoisotopic (exact) mass is 285 g/mol. The minimum atomic E-state index is -0.581. The lowest BCUT2D eigenvalue weighted by molar-refractivity contribution is -0.119. The number of benzene rings is 1. The molecule has 21 heavy (non-hydrogen) atoms. The van der Waals surface area contributed by atoms with Crippen LogP contribution in [0.1, 0.15) is 15.9 Å². The molecule has 0 aliphatic rings. The number of ether oxygens (including phenoxy) is 1. The normalized spacial score (nSPS) is 9.95. The van der Waals surface area contributed by atoms with Crippen molar-refractivity contribution >= 4 is 23.4 Å². The zero-order valence-corrected chi connectivity index (χ0v) is 11.5. The number of nitrogens with one attached hydrogen (secondary N) is 1. The van der Waals surface area contributed by atoms with E-state index in [1.165, 1.54) is 12.1 Å². The van der Waals surface area contributed by atoms with Crippen molar-refractivity contribution in [2.45, 2.75) is 6.92 Å². The van der Waals surface area contributed by atoms with Crippen molar-refractivity contribution in [3.05, 3.63) is 53.7 Å². The number of nitrogens with zero attached hydrogens (tertiary/aromatic N) is 1. The zero-order valence-electron chi connectivity index (χ0n) is 11.5. The van der Waals surface area contributed by atoms with Crippen LogP contribution in [0.2, 0.25) is 0 Å². The highest BCUT2D eigenvalue weighted by atomic mass is 16.5. The summed E-state index contributed by atoms with van der Waals surface area (Å²) in [6, 6.07) is 9.80. The quantitative estimate of drug-likeness (QED) is 0.659. The van der Waals surface area contributed by atoms with E-state index in [0.29, 0.717) is 17.1 Å². The Bertz CT molecular complexity index is 653. The number of aromatic nitrogens is 1. The number of nitrogens with two attached hydrogens (primary N) is 1. The van der Waals surface area contributed by atoms with E-state index < -0.39 is 11.9 Å². The van der Waals surface area contributed by atoms with Gasteiger partial charge < -0.3 is 15.8 Å². The summed E-state index contributed by atoms with van der Waals surface area (Å²) >= 11 is 0. The van der Waals surface area contributed by atoms with Gasteiger partial charge >= 0.3 is 5.97 Å². The first-order valence-electron chi connectivity index (χ1n) is 6.30. The highest BCUT2D eigenvalue weighted by Crippen LogP contribution is 2.08. The van der Waals surface area contributed by atoms with Crippen molar-refractivity contribution in [1.82, 2.24) is 4.98 Å². The Morgan fingerprint density at radius 1 is 1.24 bits per heavy atom. The van der Waals surface area contributed by atoms with Gasteiger partial charge in [0.15, 0.2) is 6.61 Å². The zero-order chi connectivity index (χ0) is 15.2. The summed E-state index contributed by atoms with van der Waals surface area (Å²) in [5.74, 6) is -0.609. The molecule has 2 rings (SSSR count). The van der Waals surface area contributed by atoms with Crippen molar-refractivity contribution in [1.29, 1.82) is 0 Å². The van der Waals surface area contributed by atoms with E-state index in [9.17, 15) is 9.59 Å². The second-order valence-corrected chi connectivity index (χ2v) is 4.46. The highest BCUT2D eigenvalue weighted by molar-refractivity contribution is 5.95. The van der Waals surface area contributed by atoms with Crippen LogP contribution >= 0.6 is 0 Å². The summed E-state index contributed by atoms with van der Waals surface area (Å²) in [6.45, 7) is 1.51. The molecule has 0 saturated heterocycles. The standard InChI is InChI=1S/C15H15N3O3/c1-10-6-7-17-13(8-10)18-14(19)9-21-15(20)11-2-4-12(16)5-3-11/h2-8H,9,16H2,1H3,(H,17,18,19). The molecule has 0 aliphatic heterocycles. The van der Waals surface area contributed by atoms with Crippen molar-refractivity contribution in [2.24, 2.45) is 0 Å². The Kier molecular flexibility index (Phi) is 4.50. The Morgan fingerprint density at radius 2 is 1.95 bits per heavy atom. The first-order valence-corrected chi connectivity index (χ1v) is 6.30. The molecule has 2 aromatic rings. The van der Waals surface area contributed by atoms with E-state index in [4.69, 9.17) is 10.5 Å². The largest absolute Gasteiger partial charge is 0.452 e. The predicted octanol–water partition coefficient (Wildman–Crippen LogP) is 1.77. The molecule has 1 amide bonds. The topological polar surface area (TPSA) is 94.3 Å². The van der Waals surface area contributed by atoms with Gasteiger partial charge in [0.05, 0.1) is 5.56 Å². The lowest BCUT2D eigenvalue weighted by Crippen LogP contribution is -2.21. The lowest BCUT2D eigenvalue weighted by Gasteiger charge is -2.06. The molecular weight excluding hydrogens is 270 g/mol. The third kappa shape index (κ3) is 4.31. The van der Waals surface area contributed by atoms with Crippen LogP contribution in [0.4, 0.5) is 11.5 Å². The van der Waals surface area contributed by atoms with Gasteiger partial charge in [-0.25, -0.2) is 9.78 Å². The summed E-state index contributed by atoms with van der Waals surface area (Å²) in [5, 5.41) is 2.55. The summed E-state index contributed by atoms with van der Waals surface area (Å²) in [5.41, 5.74) is 7.38. The Morgan fingerprint density at radius 3 is 2.62 bits per heavy atom. The number of esters is 1. The van der Waals surface area contributed by atoms with Gasteiger partial charge in [-0.2, -0.15) is 0 Å². The molecule has 1 aromatic carbocycles. The van der Waals surface area contributed by atoms with Crippen LogP contribution in [-0.2, 0) is 9.53 Å². The van der Waals surface area contributed by atoms with Crippen molar-refractivity contribution in [3.63, 3.8) is 0 Å². The Hall–Kier alpha value is -2.89. The summed E-state index contributed by atoms with van der Waals surface area (Å²) in [7, 11) is 0. The molecular formula is C15H15N3O3. The van der Waals surface area contributed by atoms with Crippen LogP contribution in [0.5, 0.6) is 0 Å². The third-order valence-corrected chi connectivity index (χ3v) is 2.66. The molecule has 0 spiro atoms. The molecule has 6 heteroatoms. The number of amides is 1. The number of hydrogen-bond acceptors (Lipinski definition) is 5. The second kappa shape index (κ2) is 6.51. The molecule has 0 bridgehead atoms. The molecule has 0 fully saturated rings. The van der Waals surface area contributed by atoms with Gasteiger partial charge in [0.25, 0.3) is 5.91 Å². The molecule has 0 atom stereocenters. The van der Waals surface area contributed by atoms with E-state index in [-0.39, 0.29) is 6.61 Å². The lowest BCUT2D eigenvalue weighted by atomic mass is 10.2. The van der Waals surface area contributed by atoms with Gasteiger partial charge in [0, 0.05) is 11.9 Å². The fraction of sp³-hybridized carbons (Fsp3) is 0.133. The van der Waals surface area contributed by atoms with Gasteiger partial charge in [-0.15, -0.1) is 0 Å². The Balaban J connectivity index is 1.86. The van der Waals surface area contributed by atoms with Gasteiger partial charge in [-0.3, -0.25) is 4.79 Å². The summed E-state index contributed by atoms with van der Waals surface area (Å²) < 4.78 is 4.91. The van der Waals surface area contributed by atoms with Gasteiger partial charge in [-0.05, 0) is 48.9 Å². The SMILES string of the molecule is Cc1ccnc(NC(=O)COC(=O)c2ccc(N)cc2)c1. The predicted molar refractivity (Wildman–Crippen MR) is 78.7 cm³/mol. The Labute approximate surface area is 121 Å². The number of pyridine rings is 1. The molecule has 3 N–H and O–H groups in total. The van der Waals surface area contributed by atoms with E-state index >= 15 is 0 Å². The first kappa shape index (κ1) is 14.5. The van der Waals surface area contributed by atoms with Crippen LogP contribution in [0.3, 0.4) is 0 Å². The molecule has 1 aromatic heterocycles. The maximum Gasteiger partial charge on any atom is 0.338 e. The molecule has 0 aliphatic carbocycles. The average molecular weight is 285 g/mol. The van der Waals surface area contributed by atoms with Crippen molar-refractivity contribution in [3.8, 4) is 0 Å². The first-order chi connectivity index (χ1) is 10.0. The number of rotatable bonds is 4. The molecule has 0 unspecified atom stereocenters. The van der Waals surface area contributed by atoms with Crippen LogP contribution < -0.4 is 11.1 Å². The smallest absolute Gasteiger partial charge is 0.338 e. The maximum absolute atomic E-state index is 11.7. The summed E-state index contributed by atoms with van der Waals surface area (Å²) in [4.78, 5) is 27.4. The number of nitrogen functional groups attached to an aromatic ring is 1. The minimum absolute atomic E-state index is 0.339. The molecule has 6 nitrogen and oxygen atoms in total. The van der Waals surface area contributed by atoms with Crippen LogP contribution in [0, 0.1) is 6.92 Å². The number of hydrogen-bond donors (Lipinski definition) is 2. The van der Waals surface area contributed by atoms with Gasteiger partial charge in [-0.1, -0.05) is 0 Å². The number of carbonyl (C=O) groups is 2. The maximum atomic E-state index is 11.7. The van der Waals surface area contributed by atoms with E-state index in [2.05, 4.69) is 10.3 Å². The van der Waals surface area contributed by atoms with Crippen LogP contribution in [0.25, 0.3) is 0 Å². The van der Waals surface area contributed by atoms with E-state index in [1.54, 1.807) is 24.4 Å². The highest BCUT2D eigenvalue weighted by Gasteiger charge is 2.10. The average Bonchev–Trinajstić information content (AvgIpc) is 2.45. The van der Waals surface area contributed by atoms with Crippen molar-refractivity contribution < 1.29 is 14.3 Å². The molecule has 0 saturated carbocycles. The van der Waals surface area contributed by atoms with Crippen LogP contribution in [-0.4, -0.2) is 23.5 Å². The number of anilines is 2. The molecule has 108 valence electrons. The van der Waals surface area contributed by atoms with Crippen molar-refractivity contribution in [2.75, 3.05) is 17.7 Å². The fourth-order valence-electron chi connectivity index (χ4n) is 1.62.